The first-order chi connectivity index (χ1) is 8.33. The maximum Gasteiger partial charge on any atom is 0.166 e. The van der Waals surface area contributed by atoms with Crippen molar-refractivity contribution in [3.63, 3.8) is 0 Å². The van der Waals surface area contributed by atoms with Crippen molar-refractivity contribution < 1.29 is 4.74 Å². The Hall–Kier alpha value is -1.20. The van der Waals surface area contributed by atoms with Gasteiger partial charge in [-0.15, -0.1) is 0 Å². The van der Waals surface area contributed by atoms with Crippen LogP contribution in [0.5, 0.6) is 0 Å². The Labute approximate surface area is 108 Å². The van der Waals surface area contributed by atoms with Gasteiger partial charge in [0.2, 0.25) is 0 Å². The van der Waals surface area contributed by atoms with Gasteiger partial charge in [-0.1, -0.05) is 6.07 Å². The molecule has 0 radical (unpaired) electrons. The summed E-state index contributed by atoms with van der Waals surface area (Å²) in [6.07, 6.45) is 2.73. The molecule has 2 N–H and O–H groups in total. The molecule has 0 saturated carbocycles. The number of nitrogens with zero attached hydrogens (tertiary/aromatic N) is 1. The molecule has 1 aromatic heterocycles. The Balaban J connectivity index is 2.05. The number of hydrogen-bond acceptors (Lipinski definition) is 3. The van der Waals surface area contributed by atoms with Crippen LogP contribution in [0.2, 0.25) is 0 Å². The summed E-state index contributed by atoms with van der Waals surface area (Å²) in [6, 6.07) is 5.82. The van der Waals surface area contributed by atoms with Crippen LogP contribution in [-0.2, 0) is 11.3 Å². The zero-order valence-electron chi connectivity index (χ0n) is 10.1. The van der Waals surface area contributed by atoms with Gasteiger partial charge in [-0.05, 0) is 37.7 Å². The molecule has 0 aliphatic carbocycles. The highest BCUT2D eigenvalue weighted by Crippen LogP contribution is 1.91. The molecule has 0 atom stereocenters. The number of hydrogen-bond donors (Lipinski definition) is 2. The smallest absolute Gasteiger partial charge is 0.166 e. The van der Waals surface area contributed by atoms with E-state index in [-0.39, 0.29) is 0 Å². The molecular weight excluding hydrogens is 234 g/mol. The molecular formula is C12H19N3OS. The van der Waals surface area contributed by atoms with Gasteiger partial charge in [0, 0.05) is 26.0 Å². The first-order valence-corrected chi connectivity index (χ1v) is 6.23. The van der Waals surface area contributed by atoms with Gasteiger partial charge in [-0.3, -0.25) is 4.98 Å². The third-order valence-electron chi connectivity index (χ3n) is 2.11. The summed E-state index contributed by atoms with van der Waals surface area (Å²) in [6.45, 7) is 5.01. The average molecular weight is 253 g/mol. The number of ether oxygens (including phenoxy) is 1. The number of rotatable bonds is 7. The summed E-state index contributed by atoms with van der Waals surface area (Å²) in [7, 11) is 0. The molecule has 0 amide bonds. The van der Waals surface area contributed by atoms with E-state index in [2.05, 4.69) is 15.6 Å². The molecule has 0 unspecified atom stereocenters. The second-order valence-electron chi connectivity index (χ2n) is 3.48. The van der Waals surface area contributed by atoms with Crippen molar-refractivity contribution in [2.24, 2.45) is 0 Å². The predicted molar refractivity (Wildman–Crippen MR) is 72.8 cm³/mol. The van der Waals surface area contributed by atoms with Crippen molar-refractivity contribution in [2.45, 2.75) is 19.9 Å². The lowest BCUT2D eigenvalue weighted by Gasteiger charge is -2.09. The van der Waals surface area contributed by atoms with Crippen LogP contribution in [0, 0.1) is 0 Å². The maximum atomic E-state index is 5.23. The molecule has 5 heteroatoms. The highest BCUT2D eigenvalue weighted by molar-refractivity contribution is 7.80. The molecule has 0 aromatic carbocycles. The fourth-order valence-corrected chi connectivity index (χ4v) is 1.43. The summed E-state index contributed by atoms with van der Waals surface area (Å²) >= 11 is 5.14. The average Bonchev–Trinajstić information content (AvgIpc) is 2.37. The highest BCUT2D eigenvalue weighted by atomic mass is 32.1. The largest absolute Gasteiger partial charge is 0.382 e. The molecule has 0 aliphatic heterocycles. The third-order valence-corrected chi connectivity index (χ3v) is 2.40. The molecule has 1 heterocycles. The van der Waals surface area contributed by atoms with Crippen LogP contribution in [0.4, 0.5) is 0 Å². The molecule has 94 valence electrons. The number of nitrogens with one attached hydrogen (secondary N) is 2. The van der Waals surface area contributed by atoms with Gasteiger partial charge in [-0.25, -0.2) is 0 Å². The van der Waals surface area contributed by atoms with Gasteiger partial charge < -0.3 is 15.4 Å². The first-order valence-electron chi connectivity index (χ1n) is 5.82. The molecule has 1 aromatic rings. The van der Waals surface area contributed by atoms with Crippen LogP contribution in [0.15, 0.2) is 24.4 Å². The minimum atomic E-state index is 0.651. The van der Waals surface area contributed by atoms with Gasteiger partial charge in [0.1, 0.15) is 0 Å². The topological polar surface area (TPSA) is 46.2 Å². The summed E-state index contributed by atoms with van der Waals surface area (Å²) in [5, 5.41) is 6.89. The molecule has 1 rings (SSSR count). The Morgan fingerprint density at radius 3 is 3.00 bits per heavy atom. The fourth-order valence-electron chi connectivity index (χ4n) is 1.26. The molecule has 17 heavy (non-hydrogen) atoms. The summed E-state index contributed by atoms with van der Waals surface area (Å²) < 4.78 is 5.23. The van der Waals surface area contributed by atoms with Crippen LogP contribution >= 0.6 is 12.2 Å². The van der Waals surface area contributed by atoms with Gasteiger partial charge in [-0.2, -0.15) is 0 Å². The van der Waals surface area contributed by atoms with E-state index in [4.69, 9.17) is 17.0 Å². The van der Waals surface area contributed by atoms with Crippen LogP contribution in [0.25, 0.3) is 0 Å². The van der Waals surface area contributed by atoms with Crippen LogP contribution < -0.4 is 10.6 Å². The lowest BCUT2D eigenvalue weighted by atomic mass is 10.3. The molecule has 0 saturated heterocycles. The standard InChI is InChI=1S/C12H19N3OS/c1-2-16-9-5-8-14-12(17)15-10-11-6-3-4-7-13-11/h3-4,6-7H,2,5,8-10H2,1H3,(H2,14,15,17). The Morgan fingerprint density at radius 2 is 2.29 bits per heavy atom. The van der Waals surface area contributed by atoms with Crippen molar-refractivity contribution in [3.05, 3.63) is 30.1 Å². The van der Waals surface area contributed by atoms with E-state index in [1.165, 1.54) is 0 Å². The van der Waals surface area contributed by atoms with E-state index in [1.807, 2.05) is 25.1 Å². The second-order valence-corrected chi connectivity index (χ2v) is 3.89. The van der Waals surface area contributed by atoms with E-state index < -0.39 is 0 Å². The normalized spacial score (nSPS) is 9.94. The molecule has 0 fully saturated rings. The number of pyridine rings is 1. The number of aromatic nitrogens is 1. The van der Waals surface area contributed by atoms with Crippen LogP contribution in [0.1, 0.15) is 19.0 Å². The molecule has 4 nitrogen and oxygen atoms in total. The zero-order valence-corrected chi connectivity index (χ0v) is 10.9. The van der Waals surface area contributed by atoms with Crippen molar-refractivity contribution in [1.82, 2.24) is 15.6 Å². The van der Waals surface area contributed by atoms with E-state index in [1.54, 1.807) is 6.20 Å². The van der Waals surface area contributed by atoms with Crippen molar-refractivity contribution in [3.8, 4) is 0 Å². The van der Waals surface area contributed by atoms with E-state index >= 15 is 0 Å². The fraction of sp³-hybridized carbons (Fsp3) is 0.500. The summed E-state index contributed by atoms with van der Waals surface area (Å²) in [5.74, 6) is 0. The van der Waals surface area contributed by atoms with Crippen LogP contribution in [0.3, 0.4) is 0 Å². The number of thiocarbonyl (C=S) groups is 1. The van der Waals surface area contributed by atoms with E-state index in [0.717, 1.165) is 31.9 Å². The Kier molecular flexibility index (Phi) is 7.25. The van der Waals surface area contributed by atoms with Gasteiger partial charge in [0.25, 0.3) is 0 Å². The second kappa shape index (κ2) is 8.90. The molecule has 0 spiro atoms. The lowest BCUT2D eigenvalue weighted by molar-refractivity contribution is 0.145. The maximum absolute atomic E-state index is 5.23. The monoisotopic (exact) mass is 253 g/mol. The van der Waals surface area contributed by atoms with E-state index in [0.29, 0.717) is 11.7 Å². The van der Waals surface area contributed by atoms with E-state index in [9.17, 15) is 0 Å². The molecule has 0 bridgehead atoms. The van der Waals surface area contributed by atoms with Crippen molar-refractivity contribution in [1.29, 1.82) is 0 Å². The SMILES string of the molecule is CCOCCCNC(=S)NCc1ccccn1. The summed E-state index contributed by atoms with van der Waals surface area (Å²) in [4.78, 5) is 4.20. The predicted octanol–water partition coefficient (Wildman–Crippen LogP) is 1.47. The van der Waals surface area contributed by atoms with Crippen LogP contribution in [-0.4, -0.2) is 29.9 Å². The highest BCUT2D eigenvalue weighted by Gasteiger charge is 1.96. The van der Waals surface area contributed by atoms with Crippen molar-refractivity contribution >= 4 is 17.3 Å². The zero-order chi connectivity index (χ0) is 12.3. The quantitative estimate of drug-likeness (QED) is 0.569. The molecule has 0 aliphatic rings. The minimum absolute atomic E-state index is 0.651. The van der Waals surface area contributed by atoms with Gasteiger partial charge in [0.05, 0.1) is 12.2 Å². The lowest BCUT2D eigenvalue weighted by Crippen LogP contribution is -2.35. The van der Waals surface area contributed by atoms with Gasteiger partial charge >= 0.3 is 0 Å². The summed E-state index contributed by atoms with van der Waals surface area (Å²) in [5.41, 5.74) is 0.978. The Morgan fingerprint density at radius 1 is 1.41 bits per heavy atom. The minimum Gasteiger partial charge on any atom is -0.382 e. The van der Waals surface area contributed by atoms with Gasteiger partial charge in [0.15, 0.2) is 5.11 Å². The Bertz CT molecular complexity index is 319. The third kappa shape index (κ3) is 6.86. The van der Waals surface area contributed by atoms with Crippen molar-refractivity contribution in [2.75, 3.05) is 19.8 Å². The first kappa shape index (κ1) is 13.9.